The topological polar surface area (TPSA) is 76.1 Å². The molecule has 0 bridgehead atoms. The van der Waals surface area contributed by atoms with Crippen LogP contribution in [0.25, 0.3) is 0 Å². The van der Waals surface area contributed by atoms with Crippen molar-refractivity contribution in [1.29, 1.82) is 0 Å². The van der Waals surface area contributed by atoms with Crippen molar-refractivity contribution in [1.82, 2.24) is 0 Å². The molecule has 7 heteroatoms. The third-order valence-corrected chi connectivity index (χ3v) is 6.65. The molecule has 0 fully saturated rings. The number of fused-ring (bicyclic) bond motifs is 1. The Morgan fingerprint density at radius 2 is 1.77 bits per heavy atom. The molecule has 1 atom stereocenters. The van der Waals surface area contributed by atoms with E-state index in [-0.39, 0.29) is 11.4 Å². The maximum Gasteiger partial charge on any atom is 0.268 e. The highest BCUT2D eigenvalue weighted by Gasteiger charge is 2.34. The van der Waals surface area contributed by atoms with E-state index in [1.54, 1.807) is 30.3 Å². The number of hydrogen-bond donors (Lipinski definition) is 1. The number of sulfonamides is 1. The number of rotatable bonds is 4. The first kappa shape index (κ1) is 18.5. The van der Waals surface area contributed by atoms with Crippen LogP contribution in [-0.4, -0.2) is 34.3 Å². The lowest BCUT2D eigenvalue weighted by atomic mass is 10.0. The molecule has 0 spiro atoms. The fourth-order valence-electron chi connectivity index (χ4n) is 3.16. The first-order valence-corrected chi connectivity index (χ1v) is 9.77. The Balaban J connectivity index is 2.18. The van der Waals surface area contributed by atoms with E-state index >= 15 is 0 Å². The molecule has 0 aliphatic carbocycles. The van der Waals surface area contributed by atoms with Gasteiger partial charge in [-0.15, -0.1) is 0 Å². The fourth-order valence-corrected chi connectivity index (χ4v) is 4.88. The van der Waals surface area contributed by atoms with Crippen molar-refractivity contribution in [3.8, 4) is 11.5 Å². The summed E-state index contributed by atoms with van der Waals surface area (Å²) in [4.78, 5) is 0.119. The Kier molecular flexibility index (Phi) is 4.86. The molecule has 0 saturated heterocycles. The minimum atomic E-state index is -3.86. The van der Waals surface area contributed by atoms with Gasteiger partial charge in [-0.25, -0.2) is 8.42 Å². The van der Waals surface area contributed by atoms with Gasteiger partial charge in [0.2, 0.25) is 0 Å². The molecule has 2 aromatic carbocycles. The zero-order valence-corrected chi connectivity index (χ0v) is 16.1. The number of methoxy groups -OCH3 is 2. The van der Waals surface area contributed by atoms with Crippen molar-refractivity contribution in [2.24, 2.45) is 0 Å². The number of aryl methyl sites for hydroxylation is 2. The average Bonchev–Trinajstić information content (AvgIpc) is 2.63. The number of benzene rings is 2. The molecule has 1 unspecified atom stereocenters. The quantitative estimate of drug-likeness (QED) is 0.887. The third kappa shape index (κ3) is 3.01. The van der Waals surface area contributed by atoms with E-state index in [2.05, 4.69) is 0 Å². The van der Waals surface area contributed by atoms with Gasteiger partial charge in [-0.2, -0.15) is 0 Å². The zero-order chi connectivity index (χ0) is 19.1. The smallest absolute Gasteiger partial charge is 0.268 e. The predicted octanol–water partition coefficient (Wildman–Crippen LogP) is 2.95. The molecule has 6 nitrogen and oxygen atoms in total. The second-order valence-corrected chi connectivity index (χ2v) is 8.22. The summed E-state index contributed by atoms with van der Waals surface area (Å²) in [6, 6.07) is 8.43. The molecule has 1 heterocycles. The van der Waals surface area contributed by atoms with Crippen LogP contribution in [-0.2, 0) is 10.0 Å². The van der Waals surface area contributed by atoms with E-state index in [4.69, 9.17) is 9.47 Å². The van der Waals surface area contributed by atoms with Crippen LogP contribution in [0, 0.1) is 13.8 Å². The molecule has 0 radical (unpaired) electrons. The van der Waals surface area contributed by atoms with Gasteiger partial charge in [0.1, 0.15) is 16.4 Å². The minimum Gasteiger partial charge on any atom is -0.497 e. The summed E-state index contributed by atoms with van der Waals surface area (Å²) in [5.41, 5.74) is 2.83. The molecule has 0 amide bonds. The highest BCUT2D eigenvalue weighted by molar-refractivity contribution is 7.93. The lowest BCUT2D eigenvalue weighted by molar-refractivity contribution is 0.166. The van der Waals surface area contributed by atoms with E-state index in [9.17, 15) is 13.5 Å². The summed E-state index contributed by atoms with van der Waals surface area (Å²) in [5.74, 6) is 0.841. The summed E-state index contributed by atoms with van der Waals surface area (Å²) in [5, 5.41) is 10.3. The van der Waals surface area contributed by atoms with Gasteiger partial charge < -0.3 is 14.6 Å². The molecule has 1 aliphatic heterocycles. The molecule has 1 aliphatic rings. The second-order valence-electron chi connectivity index (χ2n) is 6.39. The highest BCUT2D eigenvalue weighted by Crippen LogP contribution is 2.40. The Morgan fingerprint density at radius 1 is 1.08 bits per heavy atom. The van der Waals surface area contributed by atoms with Crippen LogP contribution in [0.5, 0.6) is 11.5 Å². The molecule has 140 valence electrons. The summed E-state index contributed by atoms with van der Waals surface area (Å²) in [6.07, 6.45) is -0.380. The second kappa shape index (κ2) is 6.81. The van der Waals surface area contributed by atoms with Crippen molar-refractivity contribution in [3.63, 3.8) is 0 Å². The molecule has 26 heavy (non-hydrogen) atoms. The number of anilines is 1. The molecular weight excluding hydrogens is 354 g/mol. The standard InChI is InChI=1S/C19H23NO5S/c1-12-9-18(25-4)19(10-13(12)2)26(22,23)20-8-7-17(21)15-6-5-14(24-3)11-16(15)20/h5-6,9-11,17,21H,7-8H2,1-4H3. The van der Waals surface area contributed by atoms with Gasteiger partial charge in [-0.05, 0) is 49.6 Å². The van der Waals surface area contributed by atoms with Gasteiger partial charge >= 0.3 is 0 Å². The minimum absolute atomic E-state index is 0.119. The summed E-state index contributed by atoms with van der Waals surface area (Å²) < 4.78 is 38.7. The number of hydrogen-bond acceptors (Lipinski definition) is 5. The maximum absolute atomic E-state index is 13.4. The van der Waals surface area contributed by atoms with Gasteiger partial charge in [0.05, 0.1) is 26.0 Å². The van der Waals surface area contributed by atoms with Crippen molar-refractivity contribution in [3.05, 3.63) is 47.0 Å². The molecule has 3 rings (SSSR count). The van der Waals surface area contributed by atoms with Crippen LogP contribution in [0.3, 0.4) is 0 Å². The number of aliphatic hydroxyl groups excluding tert-OH is 1. The van der Waals surface area contributed by atoms with Gasteiger partial charge in [0.15, 0.2) is 0 Å². The summed E-state index contributed by atoms with van der Waals surface area (Å²) >= 11 is 0. The van der Waals surface area contributed by atoms with Crippen molar-refractivity contribution in [2.45, 2.75) is 31.3 Å². The van der Waals surface area contributed by atoms with E-state index in [0.717, 1.165) is 11.1 Å². The molecule has 1 N–H and O–H groups in total. The lowest BCUT2D eigenvalue weighted by Crippen LogP contribution is -2.37. The van der Waals surface area contributed by atoms with E-state index < -0.39 is 16.1 Å². The largest absolute Gasteiger partial charge is 0.497 e. The van der Waals surface area contributed by atoms with Crippen molar-refractivity contribution in [2.75, 3.05) is 25.1 Å². The molecular formula is C19H23NO5S. The summed E-state index contributed by atoms with van der Waals surface area (Å²) in [7, 11) is -0.886. The van der Waals surface area contributed by atoms with Crippen molar-refractivity contribution < 1.29 is 23.0 Å². The normalized spacial score (nSPS) is 17.0. The monoisotopic (exact) mass is 377 g/mol. The van der Waals surface area contributed by atoms with Crippen LogP contribution in [0.2, 0.25) is 0 Å². The maximum atomic E-state index is 13.4. The first-order valence-electron chi connectivity index (χ1n) is 8.33. The Labute approximate surface area is 154 Å². The van der Waals surface area contributed by atoms with Gasteiger partial charge in [0.25, 0.3) is 10.0 Å². The van der Waals surface area contributed by atoms with Gasteiger partial charge in [-0.3, -0.25) is 4.31 Å². The van der Waals surface area contributed by atoms with Crippen LogP contribution in [0.4, 0.5) is 5.69 Å². The predicted molar refractivity (Wildman–Crippen MR) is 99.6 cm³/mol. The molecule has 0 saturated carbocycles. The van der Waals surface area contributed by atoms with Gasteiger partial charge in [0, 0.05) is 18.2 Å². The molecule has 2 aromatic rings. The Bertz CT molecular complexity index is 939. The van der Waals surface area contributed by atoms with Gasteiger partial charge in [-0.1, -0.05) is 6.07 Å². The Morgan fingerprint density at radius 3 is 2.42 bits per heavy atom. The van der Waals surface area contributed by atoms with Crippen molar-refractivity contribution >= 4 is 15.7 Å². The SMILES string of the molecule is COc1ccc2c(c1)N(S(=O)(=O)c1cc(C)c(C)cc1OC)CCC2O. The van der Waals surface area contributed by atoms with E-state index in [1.165, 1.54) is 18.5 Å². The van der Waals surface area contributed by atoms with Crippen LogP contribution < -0.4 is 13.8 Å². The van der Waals surface area contributed by atoms with E-state index in [1.807, 2.05) is 13.8 Å². The number of aliphatic hydroxyl groups is 1. The van der Waals surface area contributed by atoms with Crippen LogP contribution >= 0.6 is 0 Å². The van der Waals surface area contributed by atoms with E-state index in [0.29, 0.717) is 29.2 Å². The lowest BCUT2D eigenvalue weighted by Gasteiger charge is -2.33. The summed E-state index contributed by atoms with van der Waals surface area (Å²) in [6.45, 7) is 3.95. The zero-order valence-electron chi connectivity index (χ0n) is 15.3. The Hall–Kier alpha value is -2.25. The third-order valence-electron chi connectivity index (χ3n) is 4.82. The fraction of sp³-hybridized carbons (Fsp3) is 0.368. The first-order chi connectivity index (χ1) is 12.3. The number of ether oxygens (including phenoxy) is 2. The number of nitrogens with zero attached hydrogens (tertiary/aromatic N) is 1. The highest BCUT2D eigenvalue weighted by atomic mass is 32.2. The average molecular weight is 377 g/mol. The molecule has 0 aromatic heterocycles. The van der Waals surface area contributed by atoms with Crippen LogP contribution in [0.1, 0.15) is 29.2 Å². The van der Waals surface area contributed by atoms with Crippen LogP contribution in [0.15, 0.2) is 35.2 Å².